The predicted molar refractivity (Wildman–Crippen MR) is 68.5 cm³/mol. The summed E-state index contributed by atoms with van der Waals surface area (Å²) in [7, 11) is 0. The van der Waals surface area contributed by atoms with E-state index >= 15 is 0 Å². The predicted octanol–water partition coefficient (Wildman–Crippen LogP) is 3.40. The first-order valence-electron chi connectivity index (χ1n) is 5.21. The molecule has 0 spiro atoms. The Labute approximate surface area is 106 Å². The standard InChI is InChI=1S/C12H15Cl2NO/c1-3-10(7-13)15-12(16)11-6-9(14)5-4-8(11)2/h4-6,10H,3,7H2,1-2H3,(H,15,16). The molecule has 1 aromatic rings. The molecule has 0 heterocycles. The molecule has 0 aliphatic heterocycles. The molecular weight excluding hydrogens is 245 g/mol. The Morgan fingerprint density at radius 2 is 2.19 bits per heavy atom. The third-order valence-electron chi connectivity index (χ3n) is 2.46. The van der Waals surface area contributed by atoms with E-state index in [-0.39, 0.29) is 11.9 Å². The molecule has 16 heavy (non-hydrogen) atoms. The maximum atomic E-state index is 11.9. The van der Waals surface area contributed by atoms with Gasteiger partial charge in [-0.25, -0.2) is 0 Å². The van der Waals surface area contributed by atoms with Crippen LogP contribution in [0.3, 0.4) is 0 Å². The van der Waals surface area contributed by atoms with E-state index in [9.17, 15) is 4.79 Å². The molecule has 0 aromatic heterocycles. The van der Waals surface area contributed by atoms with Crippen molar-refractivity contribution >= 4 is 29.1 Å². The topological polar surface area (TPSA) is 29.1 Å². The average molecular weight is 260 g/mol. The van der Waals surface area contributed by atoms with E-state index in [0.29, 0.717) is 16.5 Å². The first kappa shape index (κ1) is 13.3. The van der Waals surface area contributed by atoms with E-state index in [1.54, 1.807) is 12.1 Å². The Morgan fingerprint density at radius 1 is 1.50 bits per heavy atom. The number of hydrogen-bond acceptors (Lipinski definition) is 1. The smallest absolute Gasteiger partial charge is 0.251 e. The van der Waals surface area contributed by atoms with Crippen molar-refractivity contribution in [2.45, 2.75) is 26.3 Å². The molecule has 0 aliphatic rings. The lowest BCUT2D eigenvalue weighted by Gasteiger charge is -2.14. The van der Waals surface area contributed by atoms with Gasteiger partial charge >= 0.3 is 0 Å². The summed E-state index contributed by atoms with van der Waals surface area (Å²) in [4.78, 5) is 11.9. The third-order valence-corrected chi connectivity index (χ3v) is 3.07. The van der Waals surface area contributed by atoms with E-state index in [4.69, 9.17) is 23.2 Å². The van der Waals surface area contributed by atoms with E-state index in [0.717, 1.165) is 12.0 Å². The quantitative estimate of drug-likeness (QED) is 0.826. The van der Waals surface area contributed by atoms with Gasteiger partial charge in [-0.2, -0.15) is 0 Å². The number of carbonyl (C=O) groups is 1. The Morgan fingerprint density at radius 3 is 2.75 bits per heavy atom. The zero-order chi connectivity index (χ0) is 12.1. The zero-order valence-electron chi connectivity index (χ0n) is 9.39. The normalized spacial score (nSPS) is 12.2. The van der Waals surface area contributed by atoms with Gasteiger partial charge in [0, 0.05) is 22.5 Å². The molecule has 0 fully saturated rings. The highest BCUT2D eigenvalue weighted by molar-refractivity contribution is 6.31. The van der Waals surface area contributed by atoms with Gasteiger partial charge in [-0.05, 0) is 31.0 Å². The average Bonchev–Trinajstić information content (AvgIpc) is 2.28. The van der Waals surface area contributed by atoms with Crippen LogP contribution >= 0.6 is 23.2 Å². The molecule has 0 aliphatic carbocycles. The number of halogens is 2. The summed E-state index contributed by atoms with van der Waals surface area (Å²) in [5.41, 5.74) is 1.52. The second kappa shape index (κ2) is 6.12. The van der Waals surface area contributed by atoms with Crippen LogP contribution in [0.2, 0.25) is 5.02 Å². The molecule has 0 saturated heterocycles. The van der Waals surface area contributed by atoms with Gasteiger partial charge in [-0.3, -0.25) is 4.79 Å². The number of benzene rings is 1. The van der Waals surface area contributed by atoms with Crippen LogP contribution in [0.4, 0.5) is 0 Å². The minimum Gasteiger partial charge on any atom is -0.348 e. The van der Waals surface area contributed by atoms with Crippen molar-refractivity contribution in [2.75, 3.05) is 5.88 Å². The first-order chi connectivity index (χ1) is 7.58. The van der Waals surface area contributed by atoms with Crippen molar-refractivity contribution in [3.05, 3.63) is 34.3 Å². The number of hydrogen-bond donors (Lipinski definition) is 1. The molecule has 1 N–H and O–H groups in total. The van der Waals surface area contributed by atoms with Crippen LogP contribution in [0, 0.1) is 6.92 Å². The van der Waals surface area contributed by atoms with Gasteiger partial charge in [-0.1, -0.05) is 24.6 Å². The van der Waals surface area contributed by atoms with Gasteiger partial charge in [0.05, 0.1) is 0 Å². The highest BCUT2D eigenvalue weighted by Gasteiger charge is 2.13. The van der Waals surface area contributed by atoms with Crippen molar-refractivity contribution in [1.29, 1.82) is 0 Å². The minimum atomic E-state index is -0.118. The Bertz CT molecular complexity index is 375. The lowest BCUT2D eigenvalue weighted by Crippen LogP contribution is -2.35. The number of alkyl halides is 1. The minimum absolute atomic E-state index is 0.00699. The second-order valence-corrected chi connectivity index (χ2v) is 4.44. The number of amides is 1. The fraction of sp³-hybridized carbons (Fsp3) is 0.417. The maximum absolute atomic E-state index is 11.9. The Hall–Kier alpha value is -0.730. The van der Waals surface area contributed by atoms with Gasteiger partial charge < -0.3 is 5.32 Å². The molecule has 0 radical (unpaired) electrons. The summed E-state index contributed by atoms with van der Waals surface area (Å²) in [6.07, 6.45) is 0.814. The molecule has 0 saturated carbocycles. The molecule has 1 rings (SSSR count). The molecular formula is C12H15Cl2NO. The van der Waals surface area contributed by atoms with Gasteiger partial charge in [0.25, 0.3) is 5.91 Å². The molecule has 4 heteroatoms. The van der Waals surface area contributed by atoms with E-state index in [1.807, 2.05) is 19.9 Å². The van der Waals surface area contributed by atoms with Crippen LogP contribution in [0.1, 0.15) is 29.3 Å². The van der Waals surface area contributed by atoms with E-state index in [1.165, 1.54) is 0 Å². The zero-order valence-corrected chi connectivity index (χ0v) is 10.9. The summed E-state index contributed by atoms with van der Waals surface area (Å²) in [6, 6.07) is 5.28. The number of nitrogens with one attached hydrogen (secondary N) is 1. The van der Waals surface area contributed by atoms with Gasteiger partial charge in [0.1, 0.15) is 0 Å². The maximum Gasteiger partial charge on any atom is 0.251 e. The van der Waals surface area contributed by atoms with Crippen LogP contribution in [0.15, 0.2) is 18.2 Å². The molecule has 1 aromatic carbocycles. The molecule has 1 unspecified atom stereocenters. The van der Waals surface area contributed by atoms with Crippen molar-refractivity contribution in [2.24, 2.45) is 0 Å². The van der Waals surface area contributed by atoms with Crippen molar-refractivity contribution < 1.29 is 4.79 Å². The van der Waals surface area contributed by atoms with Gasteiger partial charge in [0.2, 0.25) is 0 Å². The molecule has 88 valence electrons. The summed E-state index contributed by atoms with van der Waals surface area (Å²) < 4.78 is 0. The largest absolute Gasteiger partial charge is 0.348 e. The molecule has 0 bridgehead atoms. The highest BCUT2D eigenvalue weighted by atomic mass is 35.5. The van der Waals surface area contributed by atoms with Gasteiger partial charge in [0.15, 0.2) is 0 Å². The van der Waals surface area contributed by atoms with Crippen LogP contribution < -0.4 is 5.32 Å². The summed E-state index contributed by atoms with van der Waals surface area (Å²) in [5.74, 6) is 0.300. The van der Waals surface area contributed by atoms with Crippen LogP contribution in [-0.4, -0.2) is 17.8 Å². The summed E-state index contributed by atoms with van der Waals surface area (Å²) >= 11 is 11.6. The van der Waals surface area contributed by atoms with Crippen molar-refractivity contribution in [1.82, 2.24) is 5.32 Å². The van der Waals surface area contributed by atoms with Gasteiger partial charge in [-0.15, -0.1) is 11.6 Å². The Kier molecular flexibility index (Phi) is 5.10. The van der Waals surface area contributed by atoms with Crippen LogP contribution in [-0.2, 0) is 0 Å². The highest BCUT2D eigenvalue weighted by Crippen LogP contribution is 2.15. The monoisotopic (exact) mass is 259 g/mol. The van der Waals surface area contributed by atoms with Crippen LogP contribution in [0.25, 0.3) is 0 Å². The van der Waals surface area contributed by atoms with Crippen LogP contribution in [0.5, 0.6) is 0 Å². The Balaban J connectivity index is 2.83. The number of rotatable bonds is 4. The number of aryl methyl sites for hydroxylation is 1. The van der Waals surface area contributed by atoms with Crippen molar-refractivity contribution in [3.8, 4) is 0 Å². The fourth-order valence-electron chi connectivity index (χ4n) is 1.35. The molecule has 1 amide bonds. The lowest BCUT2D eigenvalue weighted by atomic mass is 10.1. The summed E-state index contributed by atoms with van der Waals surface area (Å²) in [5, 5.41) is 3.44. The van der Waals surface area contributed by atoms with Crippen molar-refractivity contribution in [3.63, 3.8) is 0 Å². The third kappa shape index (κ3) is 3.39. The SMILES string of the molecule is CCC(CCl)NC(=O)c1cc(Cl)ccc1C. The molecule has 2 nitrogen and oxygen atoms in total. The number of carbonyl (C=O) groups excluding carboxylic acids is 1. The molecule has 1 atom stereocenters. The summed E-state index contributed by atoms with van der Waals surface area (Å²) in [6.45, 7) is 3.87. The fourth-order valence-corrected chi connectivity index (χ4v) is 1.82. The van der Waals surface area contributed by atoms with E-state index in [2.05, 4.69) is 5.32 Å². The second-order valence-electron chi connectivity index (χ2n) is 3.69. The lowest BCUT2D eigenvalue weighted by molar-refractivity contribution is 0.0939. The van der Waals surface area contributed by atoms with E-state index < -0.39 is 0 Å². The first-order valence-corrected chi connectivity index (χ1v) is 6.12.